The lowest BCUT2D eigenvalue weighted by Gasteiger charge is -2.31. The molecule has 1 aromatic carbocycles. The van der Waals surface area contributed by atoms with Crippen molar-refractivity contribution in [3.63, 3.8) is 0 Å². The first-order valence-electron chi connectivity index (χ1n) is 7.02. The van der Waals surface area contributed by atoms with E-state index < -0.39 is 0 Å². The van der Waals surface area contributed by atoms with E-state index in [9.17, 15) is 0 Å². The highest BCUT2D eigenvalue weighted by Crippen LogP contribution is 2.14. The highest BCUT2D eigenvalue weighted by molar-refractivity contribution is 5.94. The van der Waals surface area contributed by atoms with Crippen molar-refractivity contribution in [3.8, 4) is 5.75 Å². The molecule has 0 unspecified atom stereocenters. The van der Waals surface area contributed by atoms with Gasteiger partial charge in [0.15, 0.2) is 0 Å². The molecule has 0 atom stereocenters. The minimum absolute atomic E-state index is 0.0794. The van der Waals surface area contributed by atoms with Crippen molar-refractivity contribution in [3.05, 3.63) is 29.8 Å². The fourth-order valence-corrected chi connectivity index (χ4v) is 2.35. The van der Waals surface area contributed by atoms with Crippen LogP contribution in [-0.2, 0) is 4.74 Å². The molecular weight excluding hydrogens is 254 g/mol. The minimum Gasteiger partial charge on any atom is -0.492 e. The molecular formula is C15H23N3O2. The van der Waals surface area contributed by atoms with Crippen LogP contribution in [0.1, 0.15) is 18.4 Å². The Morgan fingerprint density at radius 2 is 2.00 bits per heavy atom. The topological polar surface area (TPSA) is 71.6 Å². The van der Waals surface area contributed by atoms with Crippen molar-refractivity contribution in [1.82, 2.24) is 4.90 Å². The van der Waals surface area contributed by atoms with E-state index in [0.29, 0.717) is 12.6 Å². The van der Waals surface area contributed by atoms with Crippen LogP contribution in [0, 0.1) is 5.41 Å². The van der Waals surface area contributed by atoms with Gasteiger partial charge in [0, 0.05) is 31.4 Å². The predicted molar refractivity (Wildman–Crippen MR) is 79.4 cm³/mol. The number of rotatable bonds is 6. The van der Waals surface area contributed by atoms with Gasteiger partial charge in [0.05, 0.1) is 0 Å². The summed E-state index contributed by atoms with van der Waals surface area (Å²) in [5.74, 6) is 0.895. The number of nitrogens with two attached hydrogens (primary N) is 1. The van der Waals surface area contributed by atoms with Crippen molar-refractivity contribution in [2.75, 3.05) is 33.4 Å². The Hall–Kier alpha value is -1.59. The summed E-state index contributed by atoms with van der Waals surface area (Å²) in [6.07, 6.45) is 2.20. The molecule has 20 heavy (non-hydrogen) atoms. The predicted octanol–water partition coefficient (Wildman–Crippen LogP) is 1.46. The molecule has 0 saturated carbocycles. The van der Waals surface area contributed by atoms with Crippen LogP contribution in [-0.4, -0.2) is 50.2 Å². The minimum atomic E-state index is 0.0794. The van der Waals surface area contributed by atoms with E-state index in [1.165, 1.54) is 0 Å². The van der Waals surface area contributed by atoms with E-state index >= 15 is 0 Å². The highest BCUT2D eigenvalue weighted by atomic mass is 16.5. The SMILES string of the molecule is CN(CCOc1ccc(C(=N)N)cc1)C1CCOCC1. The first-order chi connectivity index (χ1) is 9.66. The number of nitrogen functional groups attached to an aromatic ring is 1. The number of hydrogen-bond donors (Lipinski definition) is 2. The maximum absolute atomic E-state index is 7.33. The smallest absolute Gasteiger partial charge is 0.122 e. The van der Waals surface area contributed by atoms with Gasteiger partial charge in [0.2, 0.25) is 0 Å². The first-order valence-corrected chi connectivity index (χ1v) is 7.02. The van der Waals surface area contributed by atoms with Gasteiger partial charge in [-0.1, -0.05) is 0 Å². The number of nitrogens with zero attached hydrogens (tertiary/aromatic N) is 1. The van der Waals surface area contributed by atoms with Gasteiger partial charge in [0.1, 0.15) is 18.2 Å². The third-order valence-corrected chi connectivity index (χ3v) is 3.69. The highest BCUT2D eigenvalue weighted by Gasteiger charge is 2.17. The Kier molecular flexibility index (Phi) is 5.38. The third kappa shape index (κ3) is 4.21. The van der Waals surface area contributed by atoms with Crippen LogP contribution in [0.25, 0.3) is 0 Å². The summed E-state index contributed by atoms with van der Waals surface area (Å²) in [5.41, 5.74) is 6.13. The second-order valence-corrected chi connectivity index (χ2v) is 5.11. The Morgan fingerprint density at radius 1 is 1.35 bits per heavy atom. The average Bonchev–Trinajstić information content (AvgIpc) is 2.48. The van der Waals surface area contributed by atoms with Gasteiger partial charge in [-0.25, -0.2) is 0 Å². The first kappa shape index (κ1) is 14.8. The molecule has 5 nitrogen and oxygen atoms in total. The molecule has 0 amide bonds. The van der Waals surface area contributed by atoms with Gasteiger partial charge in [-0.2, -0.15) is 0 Å². The van der Waals surface area contributed by atoms with Crippen molar-refractivity contribution < 1.29 is 9.47 Å². The number of hydrogen-bond acceptors (Lipinski definition) is 4. The van der Waals surface area contributed by atoms with Crippen LogP contribution in [0.5, 0.6) is 5.75 Å². The molecule has 1 heterocycles. The second kappa shape index (κ2) is 7.26. The summed E-state index contributed by atoms with van der Waals surface area (Å²) in [7, 11) is 2.14. The summed E-state index contributed by atoms with van der Waals surface area (Å²) < 4.78 is 11.1. The maximum Gasteiger partial charge on any atom is 0.122 e. The third-order valence-electron chi connectivity index (χ3n) is 3.69. The zero-order valence-electron chi connectivity index (χ0n) is 12.0. The van der Waals surface area contributed by atoms with Crippen LogP contribution in [0.4, 0.5) is 0 Å². The molecule has 0 aliphatic carbocycles. The lowest BCUT2D eigenvalue weighted by Crippen LogP contribution is -2.38. The molecule has 1 saturated heterocycles. The van der Waals surface area contributed by atoms with Crippen LogP contribution < -0.4 is 10.5 Å². The van der Waals surface area contributed by atoms with Gasteiger partial charge in [-0.05, 0) is 44.2 Å². The second-order valence-electron chi connectivity index (χ2n) is 5.11. The Morgan fingerprint density at radius 3 is 2.60 bits per heavy atom. The molecule has 3 N–H and O–H groups in total. The molecule has 0 bridgehead atoms. The van der Waals surface area contributed by atoms with Gasteiger partial charge in [-0.15, -0.1) is 0 Å². The fraction of sp³-hybridized carbons (Fsp3) is 0.533. The molecule has 5 heteroatoms. The molecule has 1 aromatic rings. The lowest BCUT2D eigenvalue weighted by molar-refractivity contribution is 0.0392. The zero-order valence-corrected chi connectivity index (χ0v) is 12.0. The molecule has 1 aliphatic rings. The number of ether oxygens (including phenoxy) is 2. The molecule has 1 aliphatic heterocycles. The van der Waals surface area contributed by atoms with Gasteiger partial charge < -0.3 is 15.2 Å². The largest absolute Gasteiger partial charge is 0.492 e. The number of likely N-dealkylation sites (N-methyl/N-ethyl adjacent to an activating group) is 1. The zero-order chi connectivity index (χ0) is 14.4. The summed E-state index contributed by atoms with van der Waals surface area (Å²) >= 11 is 0. The molecule has 0 aromatic heterocycles. The normalized spacial score (nSPS) is 16.3. The Bertz CT molecular complexity index is 427. The van der Waals surface area contributed by atoms with Crippen molar-refractivity contribution in [1.29, 1.82) is 5.41 Å². The molecule has 2 rings (SSSR count). The van der Waals surface area contributed by atoms with E-state index in [1.54, 1.807) is 12.1 Å². The Labute approximate surface area is 120 Å². The van der Waals surface area contributed by atoms with E-state index in [1.807, 2.05) is 12.1 Å². The standard InChI is InChI=1S/C15H23N3O2/c1-18(13-6-9-19-10-7-13)8-11-20-14-4-2-12(3-5-14)15(16)17/h2-5,13H,6-11H2,1H3,(H3,16,17). The number of nitrogens with one attached hydrogen (secondary N) is 1. The average molecular weight is 277 g/mol. The van der Waals surface area contributed by atoms with Gasteiger partial charge in [-0.3, -0.25) is 10.3 Å². The van der Waals surface area contributed by atoms with E-state index in [4.69, 9.17) is 20.6 Å². The lowest BCUT2D eigenvalue weighted by atomic mass is 10.1. The van der Waals surface area contributed by atoms with E-state index in [0.717, 1.165) is 43.9 Å². The van der Waals surface area contributed by atoms with Crippen molar-refractivity contribution in [2.45, 2.75) is 18.9 Å². The van der Waals surface area contributed by atoms with Gasteiger partial charge in [0.25, 0.3) is 0 Å². The summed E-state index contributed by atoms with van der Waals surface area (Å²) in [6.45, 7) is 3.29. The molecule has 110 valence electrons. The molecule has 0 spiro atoms. The van der Waals surface area contributed by atoms with Gasteiger partial charge >= 0.3 is 0 Å². The fourth-order valence-electron chi connectivity index (χ4n) is 2.35. The van der Waals surface area contributed by atoms with E-state index in [2.05, 4.69) is 11.9 Å². The summed E-state index contributed by atoms with van der Waals surface area (Å²) in [6, 6.07) is 7.92. The van der Waals surface area contributed by atoms with E-state index in [-0.39, 0.29) is 5.84 Å². The molecule has 0 radical (unpaired) electrons. The van der Waals surface area contributed by atoms with Crippen molar-refractivity contribution >= 4 is 5.84 Å². The summed E-state index contributed by atoms with van der Waals surface area (Å²) in [4.78, 5) is 2.34. The van der Waals surface area contributed by atoms with Crippen LogP contribution in [0.15, 0.2) is 24.3 Å². The number of benzene rings is 1. The maximum atomic E-state index is 7.33. The Balaban J connectivity index is 1.73. The molecule has 1 fully saturated rings. The van der Waals surface area contributed by atoms with Crippen LogP contribution >= 0.6 is 0 Å². The summed E-state index contributed by atoms with van der Waals surface area (Å²) in [5, 5.41) is 7.33. The number of amidine groups is 1. The monoisotopic (exact) mass is 277 g/mol. The quantitative estimate of drug-likeness (QED) is 0.610. The van der Waals surface area contributed by atoms with Crippen LogP contribution in [0.3, 0.4) is 0 Å². The van der Waals surface area contributed by atoms with Crippen LogP contribution in [0.2, 0.25) is 0 Å². The van der Waals surface area contributed by atoms with Crippen molar-refractivity contribution in [2.24, 2.45) is 5.73 Å².